The van der Waals surface area contributed by atoms with Crippen molar-refractivity contribution in [1.82, 2.24) is 0 Å². The quantitative estimate of drug-likeness (QED) is 0.546. The largest absolute Gasteiger partial charge is 0.381 e. The molecule has 0 aromatic heterocycles. The maximum absolute atomic E-state index is 5.54. The second-order valence-electron chi connectivity index (χ2n) is 3.21. The lowest BCUT2D eigenvalue weighted by molar-refractivity contribution is 0.151. The van der Waals surface area contributed by atoms with Crippen LogP contribution in [0, 0.1) is 0 Å². The van der Waals surface area contributed by atoms with Crippen molar-refractivity contribution in [2.24, 2.45) is 11.5 Å². The number of hydrogen-bond donors (Lipinski definition) is 2. The molecule has 0 saturated carbocycles. The molecule has 0 fully saturated rings. The molecule has 4 N–H and O–H groups in total. The third-order valence-electron chi connectivity index (χ3n) is 2.10. The highest BCUT2D eigenvalue weighted by atomic mass is 16.5. The van der Waals surface area contributed by atoms with E-state index in [1.807, 2.05) is 31.2 Å². The third kappa shape index (κ3) is 3.46. The van der Waals surface area contributed by atoms with Gasteiger partial charge in [0.2, 0.25) is 0 Å². The summed E-state index contributed by atoms with van der Waals surface area (Å²) in [6, 6.07) is 8.01. The van der Waals surface area contributed by atoms with Gasteiger partial charge in [-0.1, -0.05) is 24.3 Å². The first-order chi connectivity index (χ1) is 6.74. The van der Waals surface area contributed by atoms with Gasteiger partial charge in [0.1, 0.15) is 0 Å². The van der Waals surface area contributed by atoms with Crippen LogP contribution < -0.4 is 11.5 Å². The second-order valence-corrected chi connectivity index (χ2v) is 3.21. The predicted molar refractivity (Wildman–Crippen MR) is 57.8 cm³/mol. The summed E-state index contributed by atoms with van der Waals surface area (Å²) in [6.45, 7) is 3.53. The van der Waals surface area contributed by atoms with Crippen molar-refractivity contribution in [3.63, 3.8) is 0 Å². The minimum atomic E-state index is -0.379. The van der Waals surface area contributed by atoms with E-state index in [0.29, 0.717) is 0 Å². The monoisotopic (exact) mass is 194 g/mol. The summed E-state index contributed by atoms with van der Waals surface area (Å²) in [5.41, 5.74) is 13.3. The number of benzene rings is 1. The lowest BCUT2D eigenvalue weighted by Gasteiger charge is -2.07. The van der Waals surface area contributed by atoms with E-state index < -0.39 is 0 Å². The topological polar surface area (TPSA) is 61.3 Å². The highest BCUT2D eigenvalue weighted by molar-refractivity contribution is 5.24. The van der Waals surface area contributed by atoms with Crippen LogP contribution in [0.5, 0.6) is 0 Å². The Balaban J connectivity index is 2.47. The summed E-state index contributed by atoms with van der Waals surface area (Å²) in [4.78, 5) is 0. The minimum absolute atomic E-state index is 0.379. The van der Waals surface area contributed by atoms with Crippen molar-refractivity contribution >= 4 is 0 Å². The summed E-state index contributed by atoms with van der Waals surface area (Å²) >= 11 is 0. The van der Waals surface area contributed by atoms with Gasteiger partial charge in [0, 0.05) is 6.61 Å². The van der Waals surface area contributed by atoms with E-state index >= 15 is 0 Å². The van der Waals surface area contributed by atoms with Gasteiger partial charge in [0.05, 0.1) is 12.8 Å². The van der Waals surface area contributed by atoms with Crippen molar-refractivity contribution < 1.29 is 4.74 Å². The number of rotatable bonds is 5. The standard InChI is InChI=1S/C11H18N2O/c1-2-14-8-7-9-3-5-10(6-4-9)11(12)13/h3-6,11H,2,7-8,12-13H2,1H3. The van der Waals surface area contributed by atoms with Gasteiger partial charge < -0.3 is 16.2 Å². The van der Waals surface area contributed by atoms with Gasteiger partial charge in [0.25, 0.3) is 0 Å². The lowest BCUT2D eigenvalue weighted by atomic mass is 10.1. The van der Waals surface area contributed by atoms with Crippen LogP contribution in [0.1, 0.15) is 24.2 Å². The Labute approximate surface area is 85.0 Å². The number of nitrogens with two attached hydrogens (primary N) is 2. The van der Waals surface area contributed by atoms with Crippen molar-refractivity contribution in [3.05, 3.63) is 35.4 Å². The summed E-state index contributed by atoms with van der Waals surface area (Å²) in [6.07, 6.45) is 0.560. The fraction of sp³-hybridized carbons (Fsp3) is 0.455. The molecule has 3 nitrogen and oxygen atoms in total. The Hall–Kier alpha value is -0.900. The molecule has 0 aliphatic rings. The molecular weight excluding hydrogens is 176 g/mol. The average Bonchev–Trinajstić information content (AvgIpc) is 2.19. The van der Waals surface area contributed by atoms with E-state index in [9.17, 15) is 0 Å². The van der Waals surface area contributed by atoms with E-state index in [0.717, 1.165) is 25.2 Å². The molecule has 0 radical (unpaired) electrons. The number of hydrogen-bond acceptors (Lipinski definition) is 3. The van der Waals surface area contributed by atoms with Crippen LogP contribution in [0.15, 0.2) is 24.3 Å². The van der Waals surface area contributed by atoms with E-state index in [2.05, 4.69) is 0 Å². The Morgan fingerprint density at radius 3 is 2.36 bits per heavy atom. The first-order valence-corrected chi connectivity index (χ1v) is 4.91. The molecule has 78 valence electrons. The fourth-order valence-corrected chi connectivity index (χ4v) is 1.24. The molecule has 14 heavy (non-hydrogen) atoms. The van der Waals surface area contributed by atoms with Crippen molar-refractivity contribution in [1.29, 1.82) is 0 Å². The molecule has 0 aliphatic carbocycles. The van der Waals surface area contributed by atoms with Crippen LogP contribution in [0.3, 0.4) is 0 Å². The van der Waals surface area contributed by atoms with Crippen LogP contribution in [-0.2, 0) is 11.2 Å². The highest BCUT2D eigenvalue weighted by Gasteiger charge is 1.98. The van der Waals surface area contributed by atoms with Crippen molar-refractivity contribution in [2.45, 2.75) is 19.5 Å². The van der Waals surface area contributed by atoms with E-state index in [-0.39, 0.29) is 6.17 Å². The first kappa shape index (κ1) is 11.2. The van der Waals surface area contributed by atoms with Gasteiger partial charge in [-0.2, -0.15) is 0 Å². The molecule has 1 aromatic rings. The summed E-state index contributed by atoms with van der Waals surface area (Å²) in [5, 5.41) is 0. The average molecular weight is 194 g/mol. The van der Waals surface area contributed by atoms with Gasteiger partial charge >= 0.3 is 0 Å². The van der Waals surface area contributed by atoms with E-state index in [1.54, 1.807) is 0 Å². The molecule has 0 heterocycles. The smallest absolute Gasteiger partial charge is 0.0784 e. The maximum atomic E-state index is 5.54. The molecule has 0 spiro atoms. The Bertz CT molecular complexity index is 256. The molecule has 0 unspecified atom stereocenters. The van der Waals surface area contributed by atoms with Gasteiger partial charge in [-0.25, -0.2) is 0 Å². The molecule has 0 saturated heterocycles. The SMILES string of the molecule is CCOCCc1ccc(C(N)N)cc1. The molecule has 0 aliphatic heterocycles. The maximum Gasteiger partial charge on any atom is 0.0784 e. The zero-order valence-corrected chi connectivity index (χ0v) is 8.57. The predicted octanol–water partition coefficient (Wildman–Crippen LogP) is 1.18. The number of ether oxygens (including phenoxy) is 1. The van der Waals surface area contributed by atoms with Crippen LogP contribution in [0.4, 0.5) is 0 Å². The minimum Gasteiger partial charge on any atom is -0.381 e. The molecule has 3 heteroatoms. The molecular formula is C11H18N2O. The van der Waals surface area contributed by atoms with Gasteiger partial charge in [0.15, 0.2) is 0 Å². The molecule has 1 rings (SSSR count). The van der Waals surface area contributed by atoms with Crippen LogP contribution in [0.2, 0.25) is 0 Å². The summed E-state index contributed by atoms with van der Waals surface area (Å²) < 4.78 is 5.27. The summed E-state index contributed by atoms with van der Waals surface area (Å²) in [5.74, 6) is 0. The Kier molecular flexibility index (Phi) is 4.59. The highest BCUT2D eigenvalue weighted by Crippen LogP contribution is 2.08. The third-order valence-corrected chi connectivity index (χ3v) is 2.10. The van der Waals surface area contributed by atoms with Crippen LogP contribution in [0.25, 0.3) is 0 Å². The second kappa shape index (κ2) is 5.75. The fourth-order valence-electron chi connectivity index (χ4n) is 1.24. The van der Waals surface area contributed by atoms with Gasteiger partial charge in [-0.05, 0) is 24.5 Å². The van der Waals surface area contributed by atoms with Crippen LogP contribution >= 0.6 is 0 Å². The summed E-state index contributed by atoms with van der Waals surface area (Å²) in [7, 11) is 0. The molecule has 0 amide bonds. The van der Waals surface area contributed by atoms with Crippen LogP contribution in [-0.4, -0.2) is 13.2 Å². The van der Waals surface area contributed by atoms with Gasteiger partial charge in [-0.3, -0.25) is 0 Å². The Morgan fingerprint density at radius 2 is 1.86 bits per heavy atom. The lowest BCUT2D eigenvalue weighted by Crippen LogP contribution is -2.19. The zero-order chi connectivity index (χ0) is 10.4. The van der Waals surface area contributed by atoms with Gasteiger partial charge in [-0.15, -0.1) is 0 Å². The molecule has 0 atom stereocenters. The Morgan fingerprint density at radius 1 is 1.21 bits per heavy atom. The van der Waals surface area contributed by atoms with E-state index in [1.165, 1.54) is 5.56 Å². The molecule has 0 bridgehead atoms. The van der Waals surface area contributed by atoms with E-state index in [4.69, 9.17) is 16.2 Å². The van der Waals surface area contributed by atoms with Crippen molar-refractivity contribution in [2.75, 3.05) is 13.2 Å². The van der Waals surface area contributed by atoms with Crippen molar-refractivity contribution in [3.8, 4) is 0 Å². The first-order valence-electron chi connectivity index (χ1n) is 4.91. The normalized spacial score (nSPS) is 10.9. The zero-order valence-electron chi connectivity index (χ0n) is 8.57. The molecule has 1 aromatic carbocycles.